The van der Waals surface area contributed by atoms with Gasteiger partial charge in [0.25, 0.3) is 6.08 Å². The predicted octanol–water partition coefficient (Wildman–Crippen LogP) is 2.10. The van der Waals surface area contributed by atoms with Crippen LogP contribution < -0.4 is 4.72 Å². The minimum atomic E-state index is -1.69. The van der Waals surface area contributed by atoms with Crippen molar-refractivity contribution in [3.05, 3.63) is 23.4 Å². The molecular formula is C9H11F2NO2S. The summed E-state index contributed by atoms with van der Waals surface area (Å²) in [5, 5.41) is 10.3. The van der Waals surface area contributed by atoms with E-state index >= 15 is 0 Å². The highest BCUT2D eigenvalue weighted by Crippen LogP contribution is 2.21. The van der Waals surface area contributed by atoms with E-state index in [0.29, 0.717) is 11.4 Å². The van der Waals surface area contributed by atoms with Gasteiger partial charge in [-0.25, -0.2) is 4.79 Å². The van der Waals surface area contributed by atoms with Gasteiger partial charge in [0, 0.05) is 11.4 Å². The van der Waals surface area contributed by atoms with E-state index in [1.54, 1.807) is 12.3 Å². The normalized spacial score (nSPS) is 19.5. The maximum atomic E-state index is 11.7. The van der Waals surface area contributed by atoms with Crippen molar-refractivity contribution in [2.45, 2.75) is 13.3 Å². The Kier molecular flexibility index (Phi) is 4.02. The Hall–Kier alpha value is -1.17. The number of hydrogen-bond acceptors (Lipinski definition) is 2. The fourth-order valence-electron chi connectivity index (χ4n) is 1.13. The van der Waals surface area contributed by atoms with Crippen molar-refractivity contribution in [2.75, 3.05) is 5.75 Å². The second-order valence-corrected chi connectivity index (χ2v) is 4.68. The molecule has 0 bridgehead atoms. The van der Waals surface area contributed by atoms with E-state index in [1.807, 2.05) is 0 Å². The smallest absolute Gasteiger partial charge is 0.338 e. The fourth-order valence-corrected chi connectivity index (χ4v) is 2.84. The Bertz CT molecular complexity index is 370. The summed E-state index contributed by atoms with van der Waals surface area (Å²) in [5.41, 5.74) is 0.832. The molecule has 3 nitrogen and oxygen atoms in total. The fraction of sp³-hybridized carbons (Fsp3) is 0.333. The number of nitrogens with one attached hydrogen (secondary N) is 1. The summed E-state index contributed by atoms with van der Waals surface area (Å²) >= 11 is 0. The molecule has 0 aliphatic carbocycles. The van der Waals surface area contributed by atoms with Gasteiger partial charge in [0.2, 0.25) is 0 Å². The molecule has 0 amide bonds. The van der Waals surface area contributed by atoms with Crippen molar-refractivity contribution >= 4 is 22.0 Å². The number of rotatable bonds is 4. The van der Waals surface area contributed by atoms with Crippen molar-refractivity contribution in [3.63, 3.8) is 0 Å². The lowest BCUT2D eigenvalue weighted by molar-refractivity contribution is -0.132. The zero-order valence-electron chi connectivity index (χ0n) is 8.09. The van der Waals surface area contributed by atoms with Crippen LogP contribution >= 0.6 is 10.7 Å². The van der Waals surface area contributed by atoms with E-state index in [2.05, 4.69) is 4.72 Å². The van der Waals surface area contributed by atoms with E-state index in [9.17, 15) is 13.6 Å². The molecule has 1 unspecified atom stereocenters. The Labute approximate surface area is 88.5 Å². The number of aliphatic carboxylic acids is 1. The second-order valence-electron chi connectivity index (χ2n) is 2.98. The largest absolute Gasteiger partial charge is 0.478 e. The molecule has 0 aromatic carbocycles. The third kappa shape index (κ3) is 3.47. The van der Waals surface area contributed by atoms with Crippen LogP contribution in [0.15, 0.2) is 23.4 Å². The molecular weight excluding hydrogens is 224 g/mol. The Morgan fingerprint density at radius 3 is 2.80 bits per heavy atom. The lowest BCUT2D eigenvalue weighted by Gasteiger charge is -2.04. The Morgan fingerprint density at radius 1 is 1.67 bits per heavy atom. The van der Waals surface area contributed by atoms with Crippen molar-refractivity contribution in [3.8, 4) is 0 Å². The quantitative estimate of drug-likeness (QED) is 0.734. The van der Waals surface area contributed by atoms with E-state index < -0.39 is 22.7 Å². The SMILES string of the molecule is CC1=C(C(=O)O)C=S(CCC=C(F)F)N1. The van der Waals surface area contributed by atoms with Crippen LogP contribution in [0.2, 0.25) is 0 Å². The highest BCUT2D eigenvalue weighted by molar-refractivity contribution is 8.14. The minimum absolute atomic E-state index is 0.239. The monoisotopic (exact) mass is 235 g/mol. The molecule has 0 saturated carbocycles. The molecule has 84 valence electrons. The number of carbonyl (C=O) groups is 1. The molecule has 1 rings (SSSR count). The first-order valence-corrected chi connectivity index (χ1v) is 5.73. The van der Waals surface area contributed by atoms with Gasteiger partial charge in [-0.15, -0.1) is 0 Å². The third-order valence-electron chi connectivity index (χ3n) is 1.82. The second kappa shape index (κ2) is 5.06. The number of carboxylic acid groups (broad SMARTS) is 1. The molecule has 0 aromatic heterocycles. The molecule has 0 aromatic rings. The van der Waals surface area contributed by atoms with Gasteiger partial charge in [-0.1, -0.05) is 10.7 Å². The summed E-state index contributed by atoms with van der Waals surface area (Å²) in [4.78, 5) is 10.7. The zero-order chi connectivity index (χ0) is 11.4. The summed E-state index contributed by atoms with van der Waals surface area (Å²) in [6.07, 6.45) is -0.605. The molecule has 6 heteroatoms. The molecule has 0 saturated heterocycles. The maximum Gasteiger partial charge on any atom is 0.338 e. The molecule has 1 aliphatic heterocycles. The number of allylic oxidation sites excluding steroid dienone is 2. The van der Waals surface area contributed by atoms with Crippen LogP contribution in [0.3, 0.4) is 0 Å². The molecule has 1 heterocycles. The molecule has 15 heavy (non-hydrogen) atoms. The Balaban J connectivity index is 2.53. The van der Waals surface area contributed by atoms with Crippen molar-refractivity contribution in [1.29, 1.82) is 0 Å². The molecule has 0 spiro atoms. The first-order chi connectivity index (χ1) is 7.00. The van der Waals surface area contributed by atoms with Crippen LogP contribution in [0.4, 0.5) is 8.78 Å². The molecule has 0 fully saturated rings. The van der Waals surface area contributed by atoms with Crippen LogP contribution in [-0.2, 0) is 4.79 Å². The molecule has 0 radical (unpaired) electrons. The molecule has 1 atom stereocenters. The number of carboxylic acids is 1. The van der Waals surface area contributed by atoms with Gasteiger partial charge in [-0.2, -0.15) is 8.78 Å². The summed E-state index contributed by atoms with van der Waals surface area (Å²) in [6.45, 7) is 1.67. The first kappa shape index (κ1) is 11.9. The minimum Gasteiger partial charge on any atom is -0.478 e. The van der Waals surface area contributed by atoms with Crippen LogP contribution in [-0.4, -0.2) is 22.2 Å². The van der Waals surface area contributed by atoms with Gasteiger partial charge >= 0.3 is 5.97 Å². The van der Waals surface area contributed by atoms with Crippen molar-refractivity contribution in [2.24, 2.45) is 0 Å². The summed E-state index contributed by atoms with van der Waals surface area (Å²) in [6, 6.07) is 0. The highest BCUT2D eigenvalue weighted by atomic mass is 32.2. The van der Waals surface area contributed by atoms with E-state index in [1.165, 1.54) is 0 Å². The average Bonchev–Trinajstić information content (AvgIpc) is 2.46. The third-order valence-corrected chi connectivity index (χ3v) is 3.58. The van der Waals surface area contributed by atoms with Crippen LogP contribution in [0.5, 0.6) is 0 Å². The Morgan fingerprint density at radius 2 is 2.33 bits per heavy atom. The van der Waals surface area contributed by atoms with Gasteiger partial charge in [0.05, 0.1) is 5.57 Å². The van der Waals surface area contributed by atoms with Crippen LogP contribution in [0, 0.1) is 0 Å². The first-order valence-electron chi connectivity index (χ1n) is 4.27. The number of halogens is 2. The summed E-state index contributed by atoms with van der Waals surface area (Å²) in [7, 11) is -0.432. The van der Waals surface area contributed by atoms with Crippen molar-refractivity contribution < 1.29 is 18.7 Å². The molecule has 2 N–H and O–H groups in total. The van der Waals surface area contributed by atoms with Gasteiger partial charge in [-0.05, 0) is 24.8 Å². The lowest BCUT2D eigenvalue weighted by atomic mass is 10.2. The predicted molar refractivity (Wildman–Crippen MR) is 56.9 cm³/mol. The average molecular weight is 235 g/mol. The maximum absolute atomic E-state index is 11.7. The standard InChI is InChI=1S/C9H11F2NO2S/c1-6-7(9(13)14)5-15(12-6)4-2-3-8(10)11/h3,5,12H,2,4H2,1H3,(H,13,14). The van der Waals surface area contributed by atoms with E-state index in [0.717, 1.165) is 6.08 Å². The highest BCUT2D eigenvalue weighted by Gasteiger charge is 2.16. The lowest BCUT2D eigenvalue weighted by Crippen LogP contribution is -2.04. The van der Waals surface area contributed by atoms with Crippen LogP contribution in [0.1, 0.15) is 13.3 Å². The zero-order valence-corrected chi connectivity index (χ0v) is 8.91. The van der Waals surface area contributed by atoms with E-state index in [-0.39, 0.29) is 12.0 Å². The van der Waals surface area contributed by atoms with Gasteiger partial charge in [-0.3, -0.25) is 0 Å². The van der Waals surface area contributed by atoms with Crippen LogP contribution in [0.25, 0.3) is 0 Å². The van der Waals surface area contributed by atoms with Crippen molar-refractivity contribution in [1.82, 2.24) is 4.72 Å². The van der Waals surface area contributed by atoms with E-state index in [4.69, 9.17) is 5.11 Å². The topological polar surface area (TPSA) is 49.3 Å². The van der Waals surface area contributed by atoms with Gasteiger partial charge in [0.1, 0.15) is 0 Å². The van der Waals surface area contributed by atoms with Gasteiger partial charge in [0.15, 0.2) is 0 Å². The van der Waals surface area contributed by atoms with Gasteiger partial charge < -0.3 is 9.83 Å². The summed E-state index contributed by atoms with van der Waals surface area (Å²) in [5.74, 6) is -0.493. The molecule has 1 aliphatic rings. The summed E-state index contributed by atoms with van der Waals surface area (Å²) < 4.78 is 26.4. The number of hydrogen-bond donors (Lipinski definition) is 2.